The first-order valence-electron chi connectivity index (χ1n) is 6.28. The van der Waals surface area contributed by atoms with E-state index in [1.54, 1.807) is 24.3 Å². The molecule has 0 saturated carbocycles. The fourth-order valence-electron chi connectivity index (χ4n) is 1.50. The molecule has 0 bridgehead atoms. The minimum absolute atomic E-state index is 0.175. The summed E-state index contributed by atoms with van der Waals surface area (Å²) < 4.78 is 41.0. The van der Waals surface area contributed by atoms with Crippen molar-refractivity contribution in [3.05, 3.63) is 34.3 Å². The van der Waals surface area contributed by atoms with Gasteiger partial charge in [0.1, 0.15) is 0 Å². The normalized spacial score (nSPS) is 14.0. The first-order valence-corrected chi connectivity index (χ1v) is 7.89. The van der Waals surface area contributed by atoms with E-state index >= 15 is 0 Å². The monoisotopic (exact) mass is 383 g/mol. The van der Waals surface area contributed by atoms with Gasteiger partial charge in [0, 0.05) is 21.7 Å². The predicted molar refractivity (Wildman–Crippen MR) is 83.0 cm³/mol. The topological polar surface area (TPSA) is 29.1 Å². The Balaban J connectivity index is 2.92. The van der Waals surface area contributed by atoms with Crippen LogP contribution in [0.3, 0.4) is 0 Å². The van der Waals surface area contributed by atoms with Crippen LogP contribution in [0, 0.1) is 0 Å². The van der Waals surface area contributed by atoms with Gasteiger partial charge < -0.3 is 0 Å². The van der Waals surface area contributed by atoms with Crippen molar-refractivity contribution in [2.45, 2.75) is 44.2 Å². The molecule has 0 radical (unpaired) electrons. The summed E-state index contributed by atoms with van der Waals surface area (Å²) in [6.45, 7) is 5.82. The second-order valence-electron chi connectivity index (χ2n) is 5.56. The molecule has 0 fully saturated rings. The SMILES string of the molecule is CC(C)(C)SNC(CC(=O)C(F)(F)F)c1cccc(Br)c1. The Bertz CT molecular complexity index is 500. The molecule has 1 atom stereocenters. The molecule has 2 nitrogen and oxygen atoms in total. The number of nitrogens with one attached hydrogen (secondary N) is 1. The van der Waals surface area contributed by atoms with E-state index in [2.05, 4.69) is 20.7 Å². The summed E-state index contributed by atoms with van der Waals surface area (Å²) >= 11 is 4.60. The maximum Gasteiger partial charge on any atom is 0.450 e. The summed E-state index contributed by atoms with van der Waals surface area (Å²) in [4.78, 5) is 11.3. The average molecular weight is 384 g/mol. The van der Waals surface area contributed by atoms with Gasteiger partial charge in [0.15, 0.2) is 0 Å². The highest BCUT2D eigenvalue weighted by Gasteiger charge is 2.39. The molecule has 1 aromatic rings. The molecule has 118 valence electrons. The Kier molecular flexibility index (Phi) is 6.31. The van der Waals surface area contributed by atoms with Gasteiger partial charge in [-0.05, 0) is 38.5 Å². The van der Waals surface area contributed by atoms with Gasteiger partial charge in [-0.25, -0.2) is 0 Å². The minimum atomic E-state index is -4.81. The lowest BCUT2D eigenvalue weighted by Crippen LogP contribution is -2.29. The molecule has 21 heavy (non-hydrogen) atoms. The molecule has 0 aliphatic rings. The molecule has 7 heteroatoms. The third-order valence-electron chi connectivity index (χ3n) is 2.46. The Labute approximate surface area is 135 Å². The Hall–Kier alpha value is -0.530. The number of alkyl halides is 3. The summed E-state index contributed by atoms with van der Waals surface area (Å²) in [5.74, 6) is -1.73. The summed E-state index contributed by atoms with van der Waals surface area (Å²) in [6, 6.07) is 6.23. The third-order valence-corrected chi connectivity index (χ3v) is 3.97. The van der Waals surface area contributed by atoms with Gasteiger partial charge in [-0.15, -0.1) is 0 Å². The molecular formula is C14H17BrF3NOS. The Morgan fingerprint density at radius 2 is 1.95 bits per heavy atom. The summed E-state index contributed by atoms with van der Waals surface area (Å²) in [5.41, 5.74) is 0.638. The highest BCUT2D eigenvalue weighted by molar-refractivity contribution is 9.10. The Morgan fingerprint density at radius 1 is 1.33 bits per heavy atom. The first kappa shape index (κ1) is 18.5. The highest BCUT2D eigenvalue weighted by Crippen LogP contribution is 2.30. The molecule has 0 aliphatic heterocycles. The second-order valence-corrected chi connectivity index (χ2v) is 8.15. The highest BCUT2D eigenvalue weighted by atomic mass is 79.9. The van der Waals surface area contributed by atoms with Crippen LogP contribution >= 0.6 is 27.9 Å². The van der Waals surface area contributed by atoms with Crippen LogP contribution < -0.4 is 4.72 Å². The summed E-state index contributed by atoms with van der Waals surface area (Å²) in [6.07, 6.45) is -5.43. The molecule has 0 amide bonds. The lowest BCUT2D eigenvalue weighted by Gasteiger charge is -2.24. The second kappa shape index (κ2) is 7.15. The first-order chi connectivity index (χ1) is 9.49. The minimum Gasteiger partial charge on any atom is -0.290 e. The van der Waals surface area contributed by atoms with E-state index < -0.39 is 24.4 Å². The maximum absolute atomic E-state index is 12.5. The smallest absolute Gasteiger partial charge is 0.290 e. The fourth-order valence-corrected chi connectivity index (χ4v) is 2.63. The van der Waals surface area contributed by atoms with Gasteiger partial charge in [-0.3, -0.25) is 9.52 Å². The molecule has 1 rings (SSSR count). The van der Waals surface area contributed by atoms with Crippen LogP contribution in [0.25, 0.3) is 0 Å². The summed E-state index contributed by atoms with van der Waals surface area (Å²) in [7, 11) is 0. The number of halogens is 4. The summed E-state index contributed by atoms with van der Waals surface area (Å²) in [5, 5.41) is 0. The zero-order valence-corrected chi connectivity index (χ0v) is 14.3. The molecule has 1 unspecified atom stereocenters. The number of rotatable bonds is 5. The lowest BCUT2D eigenvalue weighted by atomic mass is 10.0. The van der Waals surface area contributed by atoms with E-state index in [1.165, 1.54) is 11.9 Å². The molecule has 1 aromatic carbocycles. The van der Waals surface area contributed by atoms with Crippen LogP contribution in [0.1, 0.15) is 38.8 Å². The van der Waals surface area contributed by atoms with Crippen LogP contribution in [0.5, 0.6) is 0 Å². The molecular weight excluding hydrogens is 367 g/mol. The molecule has 0 heterocycles. The molecule has 0 aromatic heterocycles. The van der Waals surface area contributed by atoms with E-state index in [0.717, 1.165) is 4.47 Å². The fraction of sp³-hybridized carbons (Fsp3) is 0.500. The van der Waals surface area contributed by atoms with Gasteiger partial charge in [0.2, 0.25) is 5.78 Å². The van der Waals surface area contributed by atoms with Gasteiger partial charge in [0.25, 0.3) is 0 Å². The van der Waals surface area contributed by atoms with Crippen molar-refractivity contribution in [1.82, 2.24) is 4.72 Å². The van der Waals surface area contributed by atoms with Crippen molar-refractivity contribution in [1.29, 1.82) is 0 Å². The molecule has 0 spiro atoms. The number of carbonyl (C=O) groups excluding carboxylic acids is 1. The van der Waals surface area contributed by atoms with Crippen LogP contribution in [0.2, 0.25) is 0 Å². The van der Waals surface area contributed by atoms with Crippen molar-refractivity contribution in [2.24, 2.45) is 0 Å². The van der Waals surface area contributed by atoms with Crippen LogP contribution in [0.4, 0.5) is 13.2 Å². The van der Waals surface area contributed by atoms with Gasteiger partial charge in [0.05, 0.1) is 0 Å². The predicted octanol–water partition coefficient (Wildman–Crippen LogP) is 5.05. The number of hydrogen-bond acceptors (Lipinski definition) is 3. The van der Waals surface area contributed by atoms with E-state index in [-0.39, 0.29) is 4.75 Å². The number of carbonyl (C=O) groups is 1. The van der Waals surface area contributed by atoms with Crippen LogP contribution in [-0.4, -0.2) is 16.7 Å². The van der Waals surface area contributed by atoms with E-state index in [4.69, 9.17) is 0 Å². The Morgan fingerprint density at radius 3 is 2.43 bits per heavy atom. The molecule has 1 N–H and O–H groups in total. The number of ketones is 1. The number of Topliss-reactive ketones (excluding diaryl/α,β-unsaturated/α-hetero) is 1. The quantitative estimate of drug-likeness (QED) is 0.721. The van der Waals surface area contributed by atoms with Crippen LogP contribution in [0.15, 0.2) is 28.7 Å². The molecule has 0 saturated heterocycles. The van der Waals surface area contributed by atoms with Crippen molar-refractivity contribution < 1.29 is 18.0 Å². The van der Waals surface area contributed by atoms with Crippen molar-refractivity contribution in [3.8, 4) is 0 Å². The molecule has 0 aliphatic carbocycles. The van der Waals surface area contributed by atoms with Crippen LogP contribution in [-0.2, 0) is 4.79 Å². The standard InChI is InChI=1S/C14H17BrF3NOS/c1-13(2,3)21-19-11(8-12(20)14(16,17)18)9-5-4-6-10(15)7-9/h4-7,11,19H,8H2,1-3H3. The largest absolute Gasteiger partial charge is 0.450 e. The zero-order chi connectivity index (χ0) is 16.3. The average Bonchev–Trinajstić information content (AvgIpc) is 2.31. The maximum atomic E-state index is 12.5. The number of benzene rings is 1. The van der Waals surface area contributed by atoms with E-state index in [9.17, 15) is 18.0 Å². The zero-order valence-electron chi connectivity index (χ0n) is 11.9. The van der Waals surface area contributed by atoms with Gasteiger partial charge >= 0.3 is 6.18 Å². The van der Waals surface area contributed by atoms with E-state index in [1.807, 2.05) is 20.8 Å². The third kappa shape index (κ3) is 6.84. The van der Waals surface area contributed by atoms with Gasteiger partial charge in [-0.2, -0.15) is 13.2 Å². The lowest BCUT2D eigenvalue weighted by molar-refractivity contribution is -0.171. The van der Waals surface area contributed by atoms with Crippen molar-refractivity contribution in [3.63, 3.8) is 0 Å². The van der Waals surface area contributed by atoms with E-state index in [0.29, 0.717) is 5.56 Å². The van der Waals surface area contributed by atoms with Crippen molar-refractivity contribution >= 4 is 33.7 Å². The van der Waals surface area contributed by atoms with Crippen molar-refractivity contribution in [2.75, 3.05) is 0 Å². The number of hydrogen-bond donors (Lipinski definition) is 1. The van der Waals surface area contributed by atoms with Gasteiger partial charge in [-0.1, -0.05) is 40.0 Å².